The van der Waals surface area contributed by atoms with E-state index in [0.29, 0.717) is 0 Å². The number of hydrogen-bond acceptors (Lipinski definition) is 3. The monoisotopic (exact) mass is 625 g/mol. The summed E-state index contributed by atoms with van der Waals surface area (Å²) in [5, 5.41) is 0. The summed E-state index contributed by atoms with van der Waals surface area (Å²) in [5.41, 5.74) is 0. The van der Waals surface area contributed by atoms with Gasteiger partial charge in [0.1, 0.15) is 0 Å². The third kappa shape index (κ3) is 120. The van der Waals surface area contributed by atoms with Crippen LogP contribution >= 0.6 is 0 Å². The first-order valence-electron chi connectivity index (χ1n) is 12.2. The normalized spacial score (nSPS) is 15.3. The largest absolute Gasteiger partial charge is 3.00 e. The van der Waals surface area contributed by atoms with Gasteiger partial charge in [0.05, 0.1) is 0 Å². The quantitative estimate of drug-likeness (QED) is 0.249. The van der Waals surface area contributed by atoms with Crippen LogP contribution in [-0.4, -0.2) is 39.6 Å². The van der Waals surface area contributed by atoms with Crippen LogP contribution in [-0.2, 0) is 14.2 Å². The van der Waals surface area contributed by atoms with Crippen LogP contribution in [0.15, 0.2) is 0 Å². The predicted molar refractivity (Wildman–Crippen MR) is 141 cm³/mol. The van der Waals surface area contributed by atoms with Crippen LogP contribution in [0.2, 0.25) is 0 Å². The van der Waals surface area contributed by atoms with Gasteiger partial charge in [-0.05, 0) is 38.5 Å². The molecule has 3 nitrogen and oxygen atoms in total. The summed E-state index contributed by atoms with van der Waals surface area (Å²) in [4.78, 5) is 0. The third-order valence-electron chi connectivity index (χ3n) is 2.48. The standard InChI is InChI=1S/3C4H8O.4C4H9.Li.Yb/c3*1-2-4-5-3-1;4*1-4(2)3;;/h3*1-4H2;4*1-3H3;;/q;;;4*-1;+1;+3. The fourth-order valence-corrected chi connectivity index (χ4v) is 1.53. The van der Waals surface area contributed by atoms with E-state index in [1.54, 1.807) is 0 Å². The molecule has 3 saturated heterocycles. The van der Waals surface area contributed by atoms with E-state index in [4.69, 9.17) is 14.2 Å². The first-order chi connectivity index (χ1) is 14.4. The van der Waals surface area contributed by atoms with E-state index < -0.39 is 0 Å². The van der Waals surface area contributed by atoms with Crippen molar-refractivity contribution < 1.29 is 80.0 Å². The van der Waals surface area contributed by atoms with Crippen molar-refractivity contribution in [2.75, 3.05) is 39.6 Å². The molecule has 0 atom stereocenters. The predicted octanol–water partition coefficient (Wildman–Crippen LogP) is 5.88. The maximum absolute atomic E-state index is 4.94. The molecule has 3 heterocycles. The molecule has 0 spiro atoms. The van der Waals surface area contributed by atoms with Gasteiger partial charge in [-0.1, -0.05) is 0 Å². The Morgan fingerprint density at radius 3 is 0.455 bits per heavy atom. The van der Waals surface area contributed by atoms with Gasteiger partial charge >= 0.3 is 65.8 Å². The molecule has 3 aliphatic heterocycles. The second-order valence-electron chi connectivity index (χ2n) is 9.96. The molecule has 3 rings (SSSR count). The molecule has 1 radical (unpaired) electrons. The van der Waals surface area contributed by atoms with Crippen molar-refractivity contribution in [2.24, 2.45) is 0 Å². The minimum atomic E-state index is 0. The molecule has 0 aromatic rings. The molecule has 3 aliphatic rings. The van der Waals surface area contributed by atoms with Gasteiger partial charge in [-0.25, -0.2) is 0 Å². The van der Waals surface area contributed by atoms with Gasteiger partial charge in [-0.2, -0.15) is 83.1 Å². The Bertz CT molecular complexity index is 182. The maximum atomic E-state index is 4.94. The zero-order valence-corrected chi connectivity index (χ0v) is 26.7. The molecule has 0 bridgehead atoms. The molecule has 0 aliphatic carbocycles. The molecule has 205 valence electrons. The topological polar surface area (TPSA) is 27.7 Å². The van der Waals surface area contributed by atoms with Crippen molar-refractivity contribution >= 4 is 0 Å². The van der Waals surface area contributed by atoms with Crippen LogP contribution < -0.4 is 18.9 Å². The summed E-state index contributed by atoms with van der Waals surface area (Å²) >= 11 is 0. The van der Waals surface area contributed by atoms with Gasteiger partial charge in [-0.15, -0.1) is 0 Å². The fourth-order valence-electron chi connectivity index (χ4n) is 1.53. The van der Waals surface area contributed by atoms with Crippen molar-refractivity contribution in [3.8, 4) is 0 Å². The minimum absolute atomic E-state index is 0. The number of hydrogen-bond donors (Lipinski definition) is 0. The Hall–Kier alpha value is 2.00. The Labute approximate surface area is 262 Å². The molecule has 5 heteroatoms. The van der Waals surface area contributed by atoms with Crippen LogP contribution in [0.4, 0.5) is 0 Å². The summed E-state index contributed by atoms with van der Waals surface area (Å²) in [5.74, 6) is 5.67. The van der Waals surface area contributed by atoms with Crippen molar-refractivity contribution in [2.45, 2.75) is 122 Å². The number of rotatable bonds is 0. The van der Waals surface area contributed by atoms with E-state index >= 15 is 0 Å². The molecule has 3 fully saturated rings. The van der Waals surface area contributed by atoms with E-state index in [1.807, 2.05) is 0 Å². The Balaban J connectivity index is -0.0000000641. The average molecular weight is 625 g/mol. The number of ether oxygens (including phenoxy) is 3. The van der Waals surface area contributed by atoms with Crippen LogP contribution in [0.25, 0.3) is 0 Å². The van der Waals surface area contributed by atoms with Gasteiger partial charge in [0.2, 0.25) is 0 Å². The van der Waals surface area contributed by atoms with Crippen molar-refractivity contribution in [1.82, 2.24) is 0 Å². The Morgan fingerprint density at radius 2 is 0.424 bits per heavy atom. The van der Waals surface area contributed by atoms with Gasteiger partial charge in [0.25, 0.3) is 0 Å². The van der Waals surface area contributed by atoms with E-state index in [9.17, 15) is 0 Å². The van der Waals surface area contributed by atoms with E-state index in [0.717, 1.165) is 39.6 Å². The first kappa shape index (κ1) is 48.1. The summed E-state index contributed by atoms with van der Waals surface area (Å²) in [6.07, 6.45) is 7.67. The smallest absolute Gasteiger partial charge is 0.381 e. The zero-order valence-electron chi connectivity index (χ0n) is 25.0. The summed E-state index contributed by atoms with van der Waals surface area (Å²) in [7, 11) is 0. The zero-order chi connectivity index (χ0) is 24.9. The second kappa shape index (κ2) is 44.0. The molecular weight excluding hydrogens is 564 g/mol. The molecular formula is C28H60LiO3Yb. The summed E-state index contributed by atoms with van der Waals surface area (Å²) in [6, 6.07) is 0. The van der Waals surface area contributed by atoms with Gasteiger partial charge in [-0.3, -0.25) is 0 Å². The van der Waals surface area contributed by atoms with Crippen LogP contribution in [0.1, 0.15) is 122 Å². The van der Waals surface area contributed by atoms with E-state index in [2.05, 4.69) is 83.1 Å². The summed E-state index contributed by atoms with van der Waals surface area (Å²) < 4.78 is 14.8. The fraction of sp³-hybridized carbons (Fsp3) is 0.857. The van der Waals surface area contributed by atoms with Crippen molar-refractivity contribution in [1.29, 1.82) is 0 Å². The van der Waals surface area contributed by atoms with Gasteiger partial charge in [0.15, 0.2) is 0 Å². The van der Waals surface area contributed by atoms with Crippen molar-refractivity contribution in [3.05, 3.63) is 23.7 Å². The molecule has 33 heavy (non-hydrogen) atoms. The minimum Gasteiger partial charge on any atom is -0.381 e. The average Bonchev–Trinajstić information content (AvgIpc) is 3.40. The van der Waals surface area contributed by atoms with Crippen LogP contribution in [0.5, 0.6) is 0 Å². The maximum Gasteiger partial charge on any atom is 3.00 e. The van der Waals surface area contributed by atoms with Gasteiger partial charge < -0.3 is 37.9 Å². The van der Waals surface area contributed by atoms with E-state index in [-0.39, 0.29) is 65.8 Å². The molecule has 0 aromatic heterocycles. The SMILES string of the molecule is C1CCOC1.C1CCOC1.C1CCOC1.C[C-](C)C.C[C-](C)C.C[C-](C)C.C[C-](C)C.[Li+].[Yb+3]. The Morgan fingerprint density at radius 1 is 0.333 bits per heavy atom. The molecule has 0 saturated carbocycles. The van der Waals surface area contributed by atoms with Crippen LogP contribution in [0, 0.1) is 70.6 Å². The van der Waals surface area contributed by atoms with Crippen LogP contribution in [0.3, 0.4) is 0 Å². The first-order valence-corrected chi connectivity index (χ1v) is 12.2. The Kier molecular flexibility index (Phi) is 64.2. The van der Waals surface area contributed by atoms with Gasteiger partial charge in [0, 0.05) is 39.6 Å². The third-order valence-corrected chi connectivity index (χ3v) is 2.48. The van der Waals surface area contributed by atoms with Crippen molar-refractivity contribution in [3.63, 3.8) is 0 Å². The van der Waals surface area contributed by atoms with E-state index in [1.165, 1.54) is 62.2 Å². The molecule has 0 aromatic carbocycles. The summed E-state index contributed by atoms with van der Waals surface area (Å²) in [6.45, 7) is 31.0. The molecule has 0 unspecified atom stereocenters. The second-order valence-corrected chi connectivity index (χ2v) is 9.96. The molecule has 0 amide bonds. The molecule has 0 N–H and O–H groups in total.